The lowest BCUT2D eigenvalue weighted by molar-refractivity contribution is 0.206. The maximum Gasteiger partial charge on any atom is 0.228 e. The van der Waals surface area contributed by atoms with Crippen LogP contribution in [0.1, 0.15) is 31.5 Å². The van der Waals surface area contributed by atoms with Crippen molar-refractivity contribution < 1.29 is 4.52 Å². The highest BCUT2D eigenvalue weighted by molar-refractivity contribution is 4.91. The van der Waals surface area contributed by atoms with Gasteiger partial charge in [0.15, 0.2) is 5.82 Å². The van der Waals surface area contributed by atoms with Gasteiger partial charge in [-0.25, -0.2) is 0 Å². The highest BCUT2D eigenvalue weighted by atomic mass is 16.5. The van der Waals surface area contributed by atoms with Crippen LogP contribution in [0.5, 0.6) is 0 Å². The Kier molecular flexibility index (Phi) is 4.72. The Balaban J connectivity index is 1.86. The van der Waals surface area contributed by atoms with E-state index in [9.17, 15) is 0 Å². The average molecular weight is 252 g/mol. The second-order valence-electron chi connectivity index (χ2n) is 5.47. The Bertz CT molecular complexity index is 366. The summed E-state index contributed by atoms with van der Waals surface area (Å²) in [7, 11) is 4.13. The van der Waals surface area contributed by atoms with Gasteiger partial charge in [-0.1, -0.05) is 5.16 Å². The van der Waals surface area contributed by atoms with Gasteiger partial charge in [0.05, 0.1) is 0 Å². The summed E-state index contributed by atoms with van der Waals surface area (Å²) in [6.07, 6.45) is 4.31. The summed E-state index contributed by atoms with van der Waals surface area (Å²) in [6, 6.07) is 0.374. The van der Waals surface area contributed by atoms with Crippen molar-refractivity contribution in [2.75, 3.05) is 27.2 Å². The number of piperidine rings is 1. The summed E-state index contributed by atoms with van der Waals surface area (Å²) in [4.78, 5) is 6.87. The third-order valence-corrected chi connectivity index (χ3v) is 3.68. The molecule has 2 heterocycles. The van der Waals surface area contributed by atoms with Crippen molar-refractivity contribution in [1.82, 2.24) is 20.4 Å². The lowest BCUT2D eigenvalue weighted by Crippen LogP contribution is -2.33. The fraction of sp³-hybridized carbons (Fsp3) is 0.846. The molecule has 0 saturated carbocycles. The first kappa shape index (κ1) is 13.5. The summed E-state index contributed by atoms with van der Waals surface area (Å²) in [5.41, 5.74) is 0. The minimum Gasteiger partial charge on any atom is -0.339 e. The smallest absolute Gasteiger partial charge is 0.228 e. The van der Waals surface area contributed by atoms with Crippen LogP contribution in [0.3, 0.4) is 0 Å². The minimum absolute atomic E-state index is 0.374. The van der Waals surface area contributed by atoms with Crippen LogP contribution < -0.4 is 5.32 Å². The van der Waals surface area contributed by atoms with Crippen LogP contribution in [0, 0.1) is 5.92 Å². The molecule has 1 fully saturated rings. The first-order chi connectivity index (χ1) is 8.67. The molecule has 0 aromatic carbocycles. The van der Waals surface area contributed by atoms with Gasteiger partial charge >= 0.3 is 0 Å². The molecule has 0 bridgehead atoms. The van der Waals surface area contributed by atoms with Crippen LogP contribution in [0.2, 0.25) is 0 Å². The largest absolute Gasteiger partial charge is 0.339 e. The van der Waals surface area contributed by atoms with Crippen LogP contribution in [-0.2, 0) is 12.8 Å². The molecule has 2 unspecified atom stereocenters. The number of likely N-dealkylation sites (tertiary alicyclic amines) is 1. The van der Waals surface area contributed by atoms with Gasteiger partial charge < -0.3 is 14.7 Å². The monoisotopic (exact) mass is 252 g/mol. The summed E-state index contributed by atoms with van der Waals surface area (Å²) in [6.45, 7) is 4.48. The van der Waals surface area contributed by atoms with E-state index in [0.717, 1.165) is 31.1 Å². The zero-order valence-electron chi connectivity index (χ0n) is 11.6. The van der Waals surface area contributed by atoms with E-state index in [4.69, 9.17) is 4.52 Å². The lowest BCUT2D eigenvalue weighted by Gasteiger charge is -2.28. The predicted molar refractivity (Wildman–Crippen MR) is 70.4 cm³/mol. The normalized spacial score (nSPS) is 23.2. The van der Waals surface area contributed by atoms with E-state index in [1.54, 1.807) is 0 Å². The predicted octanol–water partition coefficient (Wildman–Crippen LogP) is 1.10. The van der Waals surface area contributed by atoms with Crippen LogP contribution in [0.15, 0.2) is 4.52 Å². The van der Waals surface area contributed by atoms with Crippen molar-refractivity contribution in [3.05, 3.63) is 11.7 Å². The van der Waals surface area contributed by atoms with Gasteiger partial charge in [-0.3, -0.25) is 0 Å². The molecule has 1 aromatic rings. The Morgan fingerprint density at radius 1 is 1.56 bits per heavy atom. The second-order valence-corrected chi connectivity index (χ2v) is 5.47. The number of likely N-dealkylation sites (N-methyl/N-ethyl adjacent to an activating group) is 1. The first-order valence-corrected chi connectivity index (χ1v) is 6.84. The standard InChI is InChI=1S/C13H24N4O/c1-10(14-2)7-13-15-12(16-18-13)8-11-5-4-6-17(3)9-11/h10-11,14H,4-9H2,1-3H3. The van der Waals surface area contributed by atoms with E-state index in [0.29, 0.717) is 12.0 Å². The molecule has 0 radical (unpaired) electrons. The number of nitrogens with one attached hydrogen (secondary N) is 1. The molecule has 5 heteroatoms. The fourth-order valence-electron chi connectivity index (χ4n) is 2.52. The van der Waals surface area contributed by atoms with Crippen LogP contribution in [0.4, 0.5) is 0 Å². The van der Waals surface area contributed by atoms with E-state index < -0.39 is 0 Å². The van der Waals surface area contributed by atoms with Crippen LogP contribution >= 0.6 is 0 Å². The Hall–Kier alpha value is -0.940. The number of nitrogens with zero attached hydrogens (tertiary/aromatic N) is 3. The van der Waals surface area contributed by atoms with Crippen molar-refractivity contribution in [3.8, 4) is 0 Å². The van der Waals surface area contributed by atoms with Crippen molar-refractivity contribution in [2.45, 2.75) is 38.6 Å². The fourth-order valence-corrected chi connectivity index (χ4v) is 2.52. The van der Waals surface area contributed by atoms with Crippen molar-refractivity contribution in [3.63, 3.8) is 0 Å². The van der Waals surface area contributed by atoms with Gasteiger partial charge in [-0.2, -0.15) is 4.98 Å². The van der Waals surface area contributed by atoms with E-state index >= 15 is 0 Å². The molecule has 0 spiro atoms. The third kappa shape index (κ3) is 3.78. The van der Waals surface area contributed by atoms with E-state index in [1.807, 2.05) is 7.05 Å². The van der Waals surface area contributed by atoms with Gasteiger partial charge in [-0.15, -0.1) is 0 Å². The minimum atomic E-state index is 0.374. The Morgan fingerprint density at radius 2 is 2.39 bits per heavy atom. The number of hydrogen-bond donors (Lipinski definition) is 1. The molecular formula is C13H24N4O. The maximum absolute atomic E-state index is 5.29. The zero-order chi connectivity index (χ0) is 13.0. The van der Waals surface area contributed by atoms with Crippen molar-refractivity contribution in [1.29, 1.82) is 0 Å². The maximum atomic E-state index is 5.29. The topological polar surface area (TPSA) is 54.2 Å². The van der Waals surface area contributed by atoms with Crippen molar-refractivity contribution >= 4 is 0 Å². The van der Waals surface area contributed by atoms with Gasteiger partial charge in [0.25, 0.3) is 0 Å². The highest BCUT2D eigenvalue weighted by Crippen LogP contribution is 2.18. The molecule has 2 rings (SSSR count). The summed E-state index contributed by atoms with van der Waals surface area (Å²) >= 11 is 0. The molecule has 5 nitrogen and oxygen atoms in total. The molecule has 0 aliphatic carbocycles. The molecule has 102 valence electrons. The van der Waals surface area contributed by atoms with E-state index in [2.05, 4.69) is 34.3 Å². The van der Waals surface area contributed by atoms with E-state index in [-0.39, 0.29) is 0 Å². The molecular weight excluding hydrogens is 228 g/mol. The summed E-state index contributed by atoms with van der Waals surface area (Å²) < 4.78 is 5.29. The first-order valence-electron chi connectivity index (χ1n) is 6.84. The van der Waals surface area contributed by atoms with Gasteiger partial charge in [0.1, 0.15) is 0 Å². The molecule has 1 aromatic heterocycles. The second kappa shape index (κ2) is 6.29. The molecule has 18 heavy (non-hydrogen) atoms. The van der Waals surface area contributed by atoms with E-state index in [1.165, 1.54) is 19.4 Å². The molecule has 1 aliphatic heterocycles. The SMILES string of the molecule is CNC(C)Cc1nc(CC2CCCN(C)C2)no1. The van der Waals surface area contributed by atoms with Gasteiger partial charge in [0.2, 0.25) is 5.89 Å². The number of aromatic nitrogens is 2. The summed E-state index contributed by atoms with van der Waals surface area (Å²) in [5.74, 6) is 2.29. The molecule has 2 atom stereocenters. The summed E-state index contributed by atoms with van der Waals surface area (Å²) in [5, 5.41) is 7.27. The number of hydrogen-bond acceptors (Lipinski definition) is 5. The number of rotatable bonds is 5. The molecule has 1 saturated heterocycles. The Labute approximate surface area is 109 Å². The zero-order valence-corrected chi connectivity index (χ0v) is 11.6. The average Bonchev–Trinajstić information content (AvgIpc) is 2.76. The lowest BCUT2D eigenvalue weighted by atomic mass is 9.95. The quantitative estimate of drug-likeness (QED) is 0.850. The third-order valence-electron chi connectivity index (χ3n) is 3.68. The Morgan fingerprint density at radius 3 is 3.11 bits per heavy atom. The van der Waals surface area contributed by atoms with Crippen molar-refractivity contribution in [2.24, 2.45) is 5.92 Å². The molecule has 1 aliphatic rings. The highest BCUT2D eigenvalue weighted by Gasteiger charge is 2.20. The van der Waals surface area contributed by atoms with Gasteiger partial charge in [-0.05, 0) is 46.3 Å². The van der Waals surface area contributed by atoms with Crippen LogP contribution in [0.25, 0.3) is 0 Å². The molecule has 1 N–H and O–H groups in total. The van der Waals surface area contributed by atoms with Gasteiger partial charge in [0, 0.05) is 25.4 Å². The molecule has 0 amide bonds. The van der Waals surface area contributed by atoms with Crippen LogP contribution in [-0.4, -0.2) is 48.3 Å².